The van der Waals surface area contributed by atoms with Gasteiger partial charge >= 0.3 is 0 Å². The van der Waals surface area contributed by atoms with Gasteiger partial charge < -0.3 is 5.32 Å². The lowest BCUT2D eigenvalue weighted by molar-refractivity contribution is -0.385. The summed E-state index contributed by atoms with van der Waals surface area (Å²) in [5.41, 5.74) is 1.95. The molecule has 0 aliphatic heterocycles. The summed E-state index contributed by atoms with van der Waals surface area (Å²) in [6.07, 6.45) is 3.77. The summed E-state index contributed by atoms with van der Waals surface area (Å²) in [5, 5.41) is 18.1. The monoisotopic (exact) mass is 324 g/mol. The third kappa shape index (κ3) is 3.31. The van der Waals surface area contributed by atoms with Crippen LogP contribution in [0.15, 0.2) is 35.1 Å². The molecular weight excluding hydrogens is 312 g/mol. The van der Waals surface area contributed by atoms with Gasteiger partial charge in [0.2, 0.25) is 0 Å². The fraction of sp³-hybridized carbons (Fsp3) is 0.250. The van der Waals surface area contributed by atoms with E-state index in [9.17, 15) is 10.1 Å². The molecule has 1 aromatic heterocycles. The molecule has 0 saturated heterocycles. The summed E-state index contributed by atoms with van der Waals surface area (Å²) in [5.74, 6) is 0. The molecule has 1 N–H and O–H groups in total. The lowest BCUT2D eigenvalue weighted by Gasteiger charge is -2.05. The van der Waals surface area contributed by atoms with Crippen LogP contribution in [-0.4, -0.2) is 14.7 Å². The van der Waals surface area contributed by atoms with Gasteiger partial charge in [-0.2, -0.15) is 5.10 Å². The molecule has 0 amide bonds. The fourth-order valence-electron chi connectivity index (χ4n) is 1.64. The van der Waals surface area contributed by atoms with Gasteiger partial charge in [0.15, 0.2) is 0 Å². The molecular formula is C12H13BrN4O2. The summed E-state index contributed by atoms with van der Waals surface area (Å²) in [7, 11) is 0. The van der Waals surface area contributed by atoms with Crippen molar-refractivity contribution in [3.63, 3.8) is 0 Å². The highest BCUT2D eigenvalue weighted by Crippen LogP contribution is 2.27. The van der Waals surface area contributed by atoms with E-state index >= 15 is 0 Å². The van der Waals surface area contributed by atoms with E-state index in [1.807, 2.05) is 17.8 Å². The van der Waals surface area contributed by atoms with Crippen LogP contribution in [0.2, 0.25) is 0 Å². The highest BCUT2D eigenvalue weighted by Gasteiger charge is 2.11. The van der Waals surface area contributed by atoms with Gasteiger partial charge in [0.1, 0.15) is 0 Å². The second kappa shape index (κ2) is 5.83. The quantitative estimate of drug-likeness (QED) is 0.677. The molecule has 0 saturated carbocycles. The standard InChI is InChI=1S/C12H13BrN4O2/c1-2-16-8-9(7-15-16)6-14-10-3-4-12(17(18)19)11(13)5-10/h3-5,7-8,14H,2,6H2,1H3. The van der Waals surface area contributed by atoms with Gasteiger partial charge in [0.05, 0.1) is 15.6 Å². The first-order valence-corrected chi connectivity index (χ1v) is 6.58. The van der Waals surface area contributed by atoms with E-state index in [4.69, 9.17) is 0 Å². The van der Waals surface area contributed by atoms with E-state index in [0.29, 0.717) is 11.0 Å². The zero-order chi connectivity index (χ0) is 13.8. The number of halogens is 1. The van der Waals surface area contributed by atoms with Crippen LogP contribution in [0.25, 0.3) is 0 Å². The average molecular weight is 325 g/mol. The largest absolute Gasteiger partial charge is 0.381 e. The Kier molecular flexibility index (Phi) is 4.16. The molecule has 0 spiro atoms. The zero-order valence-electron chi connectivity index (χ0n) is 10.3. The highest BCUT2D eigenvalue weighted by molar-refractivity contribution is 9.10. The summed E-state index contributed by atoms with van der Waals surface area (Å²) >= 11 is 3.19. The summed E-state index contributed by atoms with van der Waals surface area (Å²) in [6.45, 7) is 3.49. The van der Waals surface area contributed by atoms with Crippen molar-refractivity contribution in [2.45, 2.75) is 20.0 Å². The van der Waals surface area contributed by atoms with Crippen molar-refractivity contribution in [3.8, 4) is 0 Å². The van der Waals surface area contributed by atoms with Crippen LogP contribution in [0.4, 0.5) is 11.4 Å². The van der Waals surface area contributed by atoms with Crippen LogP contribution >= 0.6 is 15.9 Å². The number of aromatic nitrogens is 2. The lowest BCUT2D eigenvalue weighted by atomic mass is 10.2. The van der Waals surface area contributed by atoms with Gasteiger partial charge in [-0.05, 0) is 35.0 Å². The molecule has 2 aromatic rings. The molecule has 0 bridgehead atoms. The van der Waals surface area contributed by atoms with Crippen molar-refractivity contribution >= 4 is 27.3 Å². The third-order valence-electron chi connectivity index (χ3n) is 2.65. The van der Waals surface area contributed by atoms with Crippen molar-refractivity contribution in [2.24, 2.45) is 0 Å². The van der Waals surface area contributed by atoms with E-state index in [0.717, 1.165) is 17.8 Å². The fourth-order valence-corrected chi connectivity index (χ4v) is 2.16. The van der Waals surface area contributed by atoms with E-state index in [1.54, 1.807) is 18.3 Å². The minimum Gasteiger partial charge on any atom is -0.381 e. The van der Waals surface area contributed by atoms with Gasteiger partial charge in [0, 0.05) is 36.6 Å². The third-order valence-corrected chi connectivity index (χ3v) is 3.29. The van der Waals surface area contributed by atoms with Gasteiger partial charge in [-0.1, -0.05) is 0 Å². The maximum absolute atomic E-state index is 10.7. The summed E-state index contributed by atoms with van der Waals surface area (Å²) in [6, 6.07) is 4.86. The number of anilines is 1. The number of hydrogen-bond acceptors (Lipinski definition) is 4. The smallest absolute Gasteiger partial charge is 0.283 e. The maximum atomic E-state index is 10.7. The number of nitrogens with one attached hydrogen (secondary N) is 1. The number of nitrogens with zero attached hydrogens (tertiary/aromatic N) is 3. The van der Waals surface area contributed by atoms with Crippen molar-refractivity contribution in [3.05, 3.63) is 50.7 Å². The Bertz CT molecular complexity index is 597. The Balaban J connectivity index is 2.03. The van der Waals surface area contributed by atoms with Crippen LogP contribution in [-0.2, 0) is 13.1 Å². The Morgan fingerprint density at radius 3 is 2.89 bits per heavy atom. The molecule has 0 unspecified atom stereocenters. The normalized spacial score (nSPS) is 10.4. The number of benzene rings is 1. The predicted molar refractivity (Wildman–Crippen MR) is 76.0 cm³/mol. The van der Waals surface area contributed by atoms with E-state index in [2.05, 4.69) is 26.3 Å². The van der Waals surface area contributed by atoms with Crippen LogP contribution < -0.4 is 5.32 Å². The van der Waals surface area contributed by atoms with Gasteiger partial charge in [-0.25, -0.2) is 0 Å². The molecule has 19 heavy (non-hydrogen) atoms. The molecule has 0 aliphatic carbocycles. The molecule has 100 valence electrons. The second-order valence-corrected chi connectivity index (χ2v) is 4.84. The van der Waals surface area contributed by atoms with Crippen LogP contribution in [0, 0.1) is 10.1 Å². The molecule has 1 aromatic carbocycles. The molecule has 2 rings (SSSR count). The van der Waals surface area contributed by atoms with Gasteiger partial charge in [0.25, 0.3) is 5.69 Å². The minimum absolute atomic E-state index is 0.0596. The van der Waals surface area contributed by atoms with E-state index in [1.165, 1.54) is 6.07 Å². The van der Waals surface area contributed by atoms with E-state index < -0.39 is 4.92 Å². The summed E-state index contributed by atoms with van der Waals surface area (Å²) in [4.78, 5) is 10.3. The summed E-state index contributed by atoms with van der Waals surface area (Å²) < 4.78 is 2.31. The molecule has 1 heterocycles. The van der Waals surface area contributed by atoms with Crippen molar-refractivity contribution in [1.29, 1.82) is 0 Å². The number of nitro groups is 1. The van der Waals surface area contributed by atoms with Crippen LogP contribution in [0.5, 0.6) is 0 Å². The molecule has 6 nitrogen and oxygen atoms in total. The van der Waals surface area contributed by atoms with Gasteiger partial charge in [-0.3, -0.25) is 14.8 Å². The predicted octanol–water partition coefficient (Wildman–Crippen LogP) is 3.19. The Morgan fingerprint density at radius 2 is 2.32 bits per heavy atom. The Labute approximate surface area is 118 Å². The Hall–Kier alpha value is -1.89. The van der Waals surface area contributed by atoms with Crippen molar-refractivity contribution in [1.82, 2.24) is 9.78 Å². The molecule has 0 atom stereocenters. The number of rotatable bonds is 5. The topological polar surface area (TPSA) is 73.0 Å². The van der Waals surface area contributed by atoms with E-state index in [-0.39, 0.29) is 5.69 Å². The molecule has 7 heteroatoms. The van der Waals surface area contributed by atoms with Crippen molar-refractivity contribution < 1.29 is 4.92 Å². The van der Waals surface area contributed by atoms with Crippen LogP contribution in [0.3, 0.4) is 0 Å². The lowest BCUT2D eigenvalue weighted by Crippen LogP contribution is -1.99. The molecule has 0 aliphatic rings. The first-order valence-electron chi connectivity index (χ1n) is 5.79. The minimum atomic E-state index is -0.418. The van der Waals surface area contributed by atoms with Gasteiger partial charge in [-0.15, -0.1) is 0 Å². The van der Waals surface area contributed by atoms with Crippen LogP contribution in [0.1, 0.15) is 12.5 Å². The zero-order valence-corrected chi connectivity index (χ0v) is 11.9. The molecule has 0 fully saturated rings. The van der Waals surface area contributed by atoms with Crippen molar-refractivity contribution in [2.75, 3.05) is 5.32 Å². The number of hydrogen-bond donors (Lipinski definition) is 1. The SMILES string of the molecule is CCn1cc(CNc2ccc([N+](=O)[O-])c(Br)c2)cn1. The maximum Gasteiger partial charge on any atom is 0.283 e. The number of aryl methyl sites for hydroxylation is 1. The highest BCUT2D eigenvalue weighted by atomic mass is 79.9. The second-order valence-electron chi connectivity index (χ2n) is 3.98. The Morgan fingerprint density at radius 1 is 1.53 bits per heavy atom. The number of nitro benzene ring substituents is 1. The average Bonchev–Trinajstić information content (AvgIpc) is 2.84. The molecule has 0 radical (unpaired) electrons. The first-order chi connectivity index (χ1) is 9.10. The first kappa shape index (κ1) is 13.5.